The molecule has 0 N–H and O–H groups in total. The molecule has 1 saturated heterocycles. The molecule has 5 nitrogen and oxygen atoms in total. The highest BCUT2D eigenvalue weighted by Crippen LogP contribution is 2.33. The van der Waals surface area contributed by atoms with Crippen molar-refractivity contribution < 1.29 is 9.13 Å². The SMILES string of the molecule is COc1cccc(CN2CCC[C@H]2c2cncc(N(C)C)n2)c1F. The topological polar surface area (TPSA) is 41.5 Å². The van der Waals surface area contributed by atoms with Crippen molar-refractivity contribution in [2.45, 2.75) is 25.4 Å². The summed E-state index contributed by atoms with van der Waals surface area (Å²) in [5, 5.41) is 0. The fourth-order valence-electron chi connectivity index (χ4n) is 3.15. The van der Waals surface area contributed by atoms with E-state index >= 15 is 0 Å². The number of halogens is 1. The fourth-order valence-corrected chi connectivity index (χ4v) is 3.15. The van der Waals surface area contributed by atoms with Gasteiger partial charge in [0.1, 0.15) is 5.82 Å². The van der Waals surface area contributed by atoms with Gasteiger partial charge in [-0.25, -0.2) is 9.37 Å². The molecule has 1 aliphatic heterocycles. The summed E-state index contributed by atoms with van der Waals surface area (Å²) < 4.78 is 19.5. The van der Waals surface area contributed by atoms with E-state index in [1.54, 1.807) is 12.3 Å². The number of rotatable bonds is 5. The Morgan fingerprint density at radius 2 is 2.17 bits per heavy atom. The summed E-state index contributed by atoms with van der Waals surface area (Å²) in [7, 11) is 5.39. The third kappa shape index (κ3) is 3.33. The van der Waals surface area contributed by atoms with Gasteiger partial charge in [-0.15, -0.1) is 0 Å². The average Bonchev–Trinajstić information content (AvgIpc) is 3.05. The van der Waals surface area contributed by atoms with Gasteiger partial charge in [0.2, 0.25) is 0 Å². The maximum absolute atomic E-state index is 14.4. The summed E-state index contributed by atoms with van der Waals surface area (Å²) in [6.07, 6.45) is 5.66. The Hall–Kier alpha value is -2.21. The molecule has 0 aliphatic carbocycles. The third-order valence-corrected chi connectivity index (χ3v) is 4.44. The van der Waals surface area contributed by atoms with Crippen LogP contribution in [0.2, 0.25) is 0 Å². The van der Waals surface area contributed by atoms with E-state index in [4.69, 9.17) is 9.72 Å². The Balaban J connectivity index is 1.83. The normalized spacial score (nSPS) is 17.9. The van der Waals surface area contributed by atoms with E-state index < -0.39 is 0 Å². The molecule has 3 rings (SSSR count). The molecule has 0 radical (unpaired) electrons. The van der Waals surface area contributed by atoms with Crippen LogP contribution in [0.5, 0.6) is 5.75 Å². The van der Waals surface area contributed by atoms with E-state index in [1.165, 1.54) is 7.11 Å². The lowest BCUT2D eigenvalue weighted by molar-refractivity contribution is 0.239. The molecule has 2 aromatic rings. The first-order valence-electron chi connectivity index (χ1n) is 8.15. The minimum atomic E-state index is -0.279. The molecule has 1 atom stereocenters. The number of nitrogens with zero attached hydrogens (tertiary/aromatic N) is 4. The van der Waals surface area contributed by atoms with Crippen molar-refractivity contribution in [2.24, 2.45) is 0 Å². The van der Waals surface area contributed by atoms with E-state index in [1.807, 2.05) is 37.3 Å². The highest BCUT2D eigenvalue weighted by atomic mass is 19.1. The monoisotopic (exact) mass is 330 g/mol. The van der Waals surface area contributed by atoms with Crippen LogP contribution in [0.3, 0.4) is 0 Å². The number of hydrogen-bond acceptors (Lipinski definition) is 5. The maximum atomic E-state index is 14.4. The average molecular weight is 330 g/mol. The first kappa shape index (κ1) is 16.6. The number of methoxy groups -OCH3 is 1. The van der Waals surface area contributed by atoms with Crippen molar-refractivity contribution in [1.82, 2.24) is 14.9 Å². The Morgan fingerprint density at radius 1 is 1.33 bits per heavy atom. The molecule has 0 saturated carbocycles. The molecule has 128 valence electrons. The summed E-state index contributed by atoms with van der Waals surface area (Å²) in [6, 6.07) is 5.46. The van der Waals surface area contributed by atoms with Gasteiger partial charge in [0, 0.05) is 26.2 Å². The Labute approximate surface area is 142 Å². The smallest absolute Gasteiger partial charge is 0.169 e. The molecule has 0 bridgehead atoms. The molecule has 1 fully saturated rings. The zero-order chi connectivity index (χ0) is 17.1. The van der Waals surface area contributed by atoms with Crippen LogP contribution in [0.1, 0.15) is 30.1 Å². The van der Waals surface area contributed by atoms with Gasteiger partial charge in [0.05, 0.1) is 31.2 Å². The van der Waals surface area contributed by atoms with Gasteiger partial charge in [-0.1, -0.05) is 12.1 Å². The van der Waals surface area contributed by atoms with Crippen molar-refractivity contribution in [3.63, 3.8) is 0 Å². The highest BCUT2D eigenvalue weighted by Gasteiger charge is 2.28. The van der Waals surface area contributed by atoms with Crippen molar-refractivity contribution in [3.8, 4) is 5.75 Å². The fraction of sp³-hybridized carbons (Fsp3) is 0.444. The summed E-state index contributed by atoms with van der Waals surface area (Å²) in [5.41, 5.74) is 1.60. The molecule has 1 aromatic heterocycles. The van der Waals surface area contributed by atoms with Crippen LogP contribution in [-0.2, 0) is 6.54 Å². The molecule has 1 aliphatic rings. The summed E-state index contributed by atoms with van der Waals surface area (Å²) in [6.45, 7) is 1.47. The summed E-state index contributed by atoms with van der Waals surface area (Å²) >= 11 is 0. The second-order valence-electron chi connectivity index (χ2n) is 6.26. The molecule has 0 unspecified atom stereocenters. The van der Waals surface area contributed by atoms with Crippen molar-refractivity contribution >= 4 is 5.82 Å². The van der Waals surface area contributed by atoms with Gasteiger partial charge in [0.15, 0.2) is 11.6 Å². The van der Waals surface area contributed by atoms with Crippen molar-refractivity contribution in [2.75, 3.05) is 32.6 Å². The van der Waals surface area contributed by atoms with Gasteiger partial charge in [-0.2, -0.15) is 0 Å². The molecule has 24 heavy (non-hydrogen) atoms. The first-order valence-corrected chi connectivity index (χ1v) is 8.15. The van der Waals surface area contributed by atoms with E-state index in [9.17, 15) is 4.39 Å². The maximum Gasteiger partial charge on any atom is 0.169 e. The predicted molar refractivity (Wildman–Crippen MR) is 91.7 cm³/mol. The molecule has 6 heteroatoms. The third-order valence-electron chi connectivity index (χ3n) is 4.44. The van der Waals surface area contributed by atoms with E-state index in [0.717, 1.165) is 30.9 Å². The number of benzene rings is 1. The lowest BCUT2D eigenvalue weighted by Crippen LogP contribution is -2.25. The largest absolute Gasteiger partial charge is 0.494 e. The van der Waals surface area contributed by atoms with Crippen LogP contribution in [0.25, 0.3) is 0 Å². The number of hydrogen-bond donors (Lipinski definition) is 0. The van der Waals surface area contributed by atoms with Gasteiger partial charge in [0.25, 0.3) is 0 Å². The van der Waals surface area contributed by atoms with Gasteiger partial charge < -0.3 is 9.64 Å². The van der Waals surface area contributed by atoms with E-state index in [-0.39, 0.29) is 17.6 Å². The molecular formula is C18H23FN4O. The predicted octanol–water partition coefficient (Wildman–Crippen LogP) is 3.03. The lowest BCUT2D eigenvalue weighted by Gasteiger charge is -2.25. The Morgan fingerprint density at radius 3 is 2.92 bits per heavy atom. The van der Waals surface area contributed by atoms with Crippen LogP contribution < -0.4 is 9.64 Å². The highest BCUT2D eigenvalue weighted by molar-refractivity contribution is 5.34. The molecule has 2 heterocycles. The van der Waals surface area contributed by atoms with Gasteiger partial charge >= 0.3 is 0 Å². The second kappa shape index (κ2) is 7.13. The Bertz CT molecular complexity index is 707. The minimum Gasteiger partial charge on any atom is -0.494 e. The summed E-state index contributed by atoms with van der Waals surface area (Å²) in [5.74, 6) is 0.850. The number of ether oxygens (including phenoxy) is 1. The van der Waals surface area contributed by atoms with E-state index in [0.29, 0.717) is 12.1 Å². The second-order valence-corrected chi connectivity index (χ2v) is 6.26. The van der Waals surface area contributed by atoms with Crippen LogP contribution in [0.15, 0.2) is 30.6 Å². The summed E-state index contributed by atoms with van der Waals surface area (Å²) in [4.78, 5) is 13.2. The van der Waals surface area contributed by atoms with Gasteiger partial charge in [-0.05, 0) is 25.5 Å². The molecular weight excluding hydrogens is 307 g/mol. The van der Waals surface area contributed by atoms with Crippen molar-refractivity contribution in [1.29, 1.82) is 0 Å². The number of likely N-dealkylation sites (tertiary alicyclic amines) is 1. The van der Waals surface area contributed by atoms with Crippen LogP contribution in [-0.4, -0.2) is 42.6 Å². The molecule has 1 aromatic carbocycles. The molecule has 0 amide bonds. The quantitative estimate of drug-likeness (QED) is 0.843. The zero-order valence-corrected chi connectivity index (χ0v) is 14.4. The van der Waals surface area contributed by atoms with Crippen LogP contribution >= 0.6 is 0 Å². The van der Waals surface area contributed by atoms with E-state index in [2.05, 4.69) is 9.88 Å². The number of anilines is 1. The standard InChI is InChI=1S/C18H23FN4O/c1-22(2)17-11-20-10-14(21-17)15-7-5-9-23(15)12-13-6-4-8-16(24-3)18(13)19/h4,6,8,10-11,15H,5,7,9,12H2,1-3H3/t15-/m0/s1. The number of aromatic nitrogens is 2. The molecule has 0 spiro atoms. The lowest BCUT2D eigenvalue weighted by atomic mass is 10.1. The van der Waals surface area contributed by atoms with Crippen molar-refractivity contribution in [3.05, 3.63) is 47.7 Å². The first-order chi connectivity index (χ1) is 11.6. The minimum absolute atomic E-state index is 0.169. The Kier molecular flexibility index (Phi) is 4.94. The zero-order valence-electron chi connectivity index (χ0n) is 14.4. The van der Waals surface area contributed by atoms with Crippen LogP contribution in [0, 0.1) is 5.82 Å². The van der Waals surface area contributed by atoms with Crippen LogP contribution in [0.4, 0.5) is 10.2 Å². The van der Waals surface area contributed by atoms with Gasteiger partial charge in [-0.3, -0.25) is 9.88 Å².